The van der Waals surface area contributed by atoms with E-state index in [2.05, 4.69) is 40.4 Å². The predicted molar refractivity (Wildman–Crippen MR) is 134 cm³/mol. The van der Waals surface area contributed by atoms with Crippen LogP contribution in [-0.4, -0.2) is 30.9 Å². The summed E-state index contributed by atoms with van der Waals surface area (Å²) in [7, 11) is 0. The van der Waals surface area contributed by atoms with Gasteiger partial charge in [0.05, 0.1) is 12.1 Å². The van der Waals surface area contributed by atoms with Gasteiger partial charge in [-0.15, -0.1) is 10.2 Å². The van der Waals surface area contributed by atoms with E-state index in [0.717, 1.165) is 16.7 Å². The molecule has 0 aliphatic rings. The van der Waals surface area contributed by atoms with Gasteiger partial charge >= 0.3 is 0 Å². The number of carbonyl (C=O) groups is 1. The van der Waals surface area contributed by atoms with Crippen LogP contribution in [0.15, 0.2) is 79.1 Å². The maximum atomic E-state index is 13.3. The predicted octanol–water partition coefficient (Wildman–Crippen LogP) is 5.38. The monoisotopic (exact) mass is 466 g/mol. The smallest absolute Gasteiger partial charge is 0.261 e. The number of amides is 1. The highest BCUT2D eigenvalue weighted by molar-refractivity contribution is 7.18. The summed E-state index contributed by atoms with van der Waals surface area (Å²) in [5.74, 6) is -0.281. The van der Waals surface area contributed by atoms with E-state index >= 15 is 0 Å². The number of aryl methyl sites for hydroxylation is 2. The average Bonchev–Trinajstić information content (AvgIpc) is 3.49. The Labute approximate surface area is 201 Å². The van der Waals surface area contributed by atoms with Crippen molar-refractivity contribution in [1.82, 2.24) is 25.0 Å². The van der Waals surface area contributed by atoms with E-state index in [4.69, 9.17) is 5.10 Å². The van der Waals surface area contributed by atoms with Crippen LogP contribution in [0.25, 0.3) is 22.0 Å². The van der Waals surface area contributed by atoms with Gasteiger partial charge in [0.15, 0.2) is 5.01 Å². The summed E-state index contributed by atoms with van der Waals surface area (Å²) in [5, 5.41) is 17.0. The zero-order valence-electron chi connectivity index (χ0n) is 18.8. The molecule has 0 aliphatic heterocycles. The van der Waals surface area contributed by atoms with Crippen molar-refractivity contribution >= 4 is 22.4 Å². The van der Waals surface area contributed by atoms with Crippen LogP contribution < -0.4 is 5.32 Å². The topological polar surface area (TPSA) is 85.6 Å². The Kier molecular flexibility index (Phi) is 5.97. The quantitative estimate of drug-likeness (QED) is 0.363. The van der Waals surface area contributed by atoms with Crippen molar-refractivity contribution in [2.45, 2.75) is 20.4 Å². The standard InChI is InChI=1S/C26H22N6OS/c1-17-11-12-20(14-18(17)2)23-21(16-32(31-23)15-19-8-4-3-5-9-19)24(33)28-26-30-29-25(34-26)22-10-6-7-13-27-22/h3-14,16H,15H2,1-2H3,(H,28,30,33). The van der Waals surface area contributed by atoms with Crippen LogP contribution in [0.1, 0.15) is 27.0 Å². The molecule has 3 aromatic heterocycles. The first kappa shape index (κ1) is 21.7. The summed E-state index contributed by atoms with van der Waals surface area (Å²) in [5.41, 5.74) is 6.16. The van der Waals surface area contributed by atoms with Gasteiger partial charge in [-0.1, -0.05) is 59.9 Å². The zero-order chi connectivity index (χ0) is 23.5. The summed E-state index contributed by atoms with van der Waals surface area (Å²) in [6.45, 7) is 4.68. The van der Waals surface area contributed by atoms with Crippen molar-refractivity contribution in [3.05, 3.63) is 101 Å². The van der Waals surface area contributed by atoms with Gasteiger partial charge in [0.2, 0.25) is 5.13 Å². The lowest BCUT2D eigenvalue weighted by atomic mass is 10.0. The van der Waals surface area contributed by atoms with E-state index in [0.29, 0.717) is 33.6 Å². The number of nitrogens with one attached hydrogen (secondary N) is 1. The average molecular weight is 467 g/mol. The molecule has 3 heterocycles. The Morgan fingerprint density at radius 1 is 0.971 bits per heavy atom. The van der Waals surface area contributed by atoms with E-state index < -0.39 is 0 Å². The fourth-order valence-corrected chi connectivity index (χ4v) is 4.29. The molecule has 0 saturated carbocycles. The van der Waals surface area contributed by atoms with E-state index in [-0.39, 0.29) is 5.91 Å². The molecule has 0 unspecified atom stereocenters. The van der Waals surface area contributed by atoms with Crippen LogP contribution in [0.2, 0.25) is 0 Å². The maximum Gasteiger partial charge on any atom is 0.261 e. The molecular weight excluding hydrogens is 444 g/mol. The van der Waals surface area contributed by atoms with Crippen LogP contribution in [0.5, 0.6) is 0 Å². The molecule has 7 nitrogen and oxygen atoms in total. The van der Waals surface area contributed by atoms with Gasteiger partial charge in [-0.2, -0.15) is 5.10 Å². The molecule has 0 radical (unpaired) electrons. The van der Waals surface area contributed by atoms with Gasteiger partial charge in [-0.3, -0.25) is 19.8 Å². The van der Waals surface area contributed by atoms with Crippen LogP contribution in [0, 0.1) is 13.8 Å². The van der Waals surface area contributed by atoms with Gasteiger partial charge in [0.1, 0.15) is 11.4 Å². The highest BCUT2D eigenvalue weighted by atomic mass is 32.1. The molecule has 5 aromatic rings. The molecule has 8 heteroatoms. The second-order valence-corrected chi connectivity index (χ2v) is 8.93. The lowest BCUT2D eigenvalue weighted by molar-refractivity contribution is 0.102. The van der Waals surface area contributed by atoms with E-state index in [9.17, 15) is 4.79 Å². The Morgan fingerprint density at radius 3 is 2.56 bits per heavy atom. The second-order valence-electron chi connectivity index (χ2n) is 7.96. The normalized spacial score (nSPS) is 10.9. The van der Waals surface area contributed by atoms with E-state index in [1.54, 1.807) is 17.1 Å². The van der Waals surface area contributed by atoms with Gasteiger partial charge in [-0.05, 0) is 48.7 Å². The largest absolute Gasteiger partial charge is 0.296 e. The minimum atomic E-state index is -0.281. The zero-order valence-corrected chi connectivity index (χ0v) is 19.6. The first-order chi connectivity index (χ1) is 16.6. The highest BCUT2D eigenvalue weighted by Crippen LogP contribution is 2.28. The molecule has 34 heavy (non-hydrogen) atoms. The molecule has 2 aromatic carbocycles. The molecule has 0 saturated heterocycles. The lowest BCUT2D eigenvalue weighted by Crippen LogP contribution is -2.12. The number of hydrogen-bond donors (Lipinski definition) is 1. The summed E-state index contributed by atoms with van der Waals surface area (Å²) >= 11 is 1.28. The summed E-state index contributed by atoms with van der Waals surface area (Å²) in [6, 6.07) is 21.7. The second kappa shape index (κ2) is 9.36. The van der Waals surface area contributed by atoms with E-state index in [1.165, 1.54) is 16.9 Å². The Hall–Kier alpha value is -4.17. The Morgan fingerprint density at radius 2 is 1.79 bits per heavy atom. The highest BCUT2D eigenvalue weighted by Gasteiger charge is 2.20. The molecule has 0 aliphatic carbocycles. The number of rotatable bonds is 6. The number of pyridine rings is 1. The van der Waals surface area contributed by atoms with Crippen LogP contribution in [0.3, 0.4) is 0 Å². The van der Waals surface area contributed by atoms with Gasteiger partial charge in [-0.25, -0.2) is 0 Å². The summed E-state index contributed by atoms with van der Waals surface area (Å²) in [4.78, 5) is 17.6. The minimum absolute atomic E-state index is 0.281. The Bertz CT molecular complexity index is 1440. The third-order valence-corrected chi connectivity index (χ3v) is 6.36. The minimum Gasteiger partial charge on any atom is -0.296 e. The van der Waals surface area contributed by atoms with Crippen molar-refractivity contribution in [2.24, 2.45) is 0 Å². The fraction of sp³-hybridized carbons (Fsp3) is 0.115. The van der Waals surface area contributed by atoms with Crippen molar-refractivity contribution in [2.75, 3.05) is 5.32 Å². The van der Waals surface area contributed by atoms with E-state index in [1.807, 2.05) is 60.7 Å². The SMILES string of the molecule is Cc1ccc(-c2nn(Cc3ccccc3)cc2C(=O)Nc2nnc(-c3ccccn3)s2)cc1C. The number of carbonyl (C=O) groups excluding carboxylic acids is 1. The maximum absolute atomic E-state index is 13.3. The molecule has 1 amide bonds. The molecule has 5 rings (SSSR count). The lowest BCUT2D eigenvalue weighted by Gasteiger charge is -2.05. The number of hydrogen-bond acceptors (Lipinski definition) is 6. The third-order valence-electron chi connectivity index (χ3n) is 5.50. The van der Waals surface area contributed by atoms with Crippen molar-refractivity contribution in [3.8, 4) is 22.0 Å². The Balaban J connectivity index is 1.47. The molecule has 0 bridgehead atoms. The number of nitrogens with zero attached hydrogens (tertiary/aromatic N) is 5. The molecule has 1 N–H and O–H groups in total. The third kappa shape index (κ3) is 4.62. The molecular formula is C26H22N6OS. The summed E-state index contributed by atoms with van der Waals surface area (Å²) < 4.78 is 1.80. The van der Waals surface area contributed by atoms with Crippen LogP contribution in [0.4, 0.5) is 5.13 Å². The van der Waals surface area contributed by atoms with Crippen LogP contribution in [-0.2, 0) is 6.54 Å². The van der Waals surface area contributed by atoms with Gasteiger partial charge in [0.25, 0.3) is 5.91 Å². The number of benzene rings is 2. The number of anilines is 1. The van der Waals surface area contributed by atoms with Crippen molar-refractivity contribution < 1.29 is 4.79 Å². The molecule has 168 valence electrons. The van der Waals surface area contributed by atoms with Crippen molar-refractivity contribution in [1.29, 1.82) is 0 Å². The van der Waals surface area contributed by atoms with Gasteiger partial charge < -0.3 is 0 Å². The first-order valence-electron chi connectivity index (χ1n) is 10.8. The van der Waals surface area contributed by atoms with Crippen molar-refractivity contribution in [3.63, 3.8) is 0 Å². The van der Waals surface area contributed by atoms with Crippen LogP contribution >= 0.6 is 11.3 Å². The number of aromatic nitrogens is 5. The fourth-order valence-electron chi connectivity index (χ4n) is 3.57. The van der Waals surface area contributed by atoms with Gasteiger partial charge in [0, 0.05) is 18.0 Å². The molecule has 0 atom stereocenters. The summed E-state index contributed by atoms with van der Waals surface area (Å²) in [6.07, 6.45) is 3.49. The first-order valence-corrected chi connectivity index (χ1v) is 11.6. The molecule has 0 spiro atoms. The molecule has 0 fully saturated rings.